The van der Waals surface area contributed by atoms with Crippen molar-refractivity contribution in [2.45, 2.75) is 6.04 Å². The van der Waals surface area contributed by atoms with E-state index < -0.39 is 0 Å². The van der Waals surface area contributed by atoms with Gasteiger partial charge in [-0.05, 0) is 24.3 Å². The molecule has 1 aromatic rings. The van der Waals surface area contributed by atoms with Gasteiger partial charge in [0.2, 0.25) is 0 Å². The quantitative estimate of drug-likeness (QED) is 0.758. The Morgan fingerprint density at radius 1 is 1.47 bits per heavy atom. The molecule has 3 nitrogen and oxygen atoms in total. The van der Waals surface area contributed by atoms with Crippen molar-refractivity contribution >= 4 is 17.5 Å². The molecule has 0 aliphatic carbocycles. The Labute approximate surface area is 104 Å². The number of amides is 1. The van der Waals surface area contributed by atoms with Gasteiger partial charge >= 0.3 is 0 Å². The van der Waals surface area contributed by atoms with Crippen LogP contribution < -0.4 is 0 Å². The van der Waals surface area contributed by atoms with Gasteiger partial charge in [-0.3, -0.25) is 4.79 Å². The third-order valence-corrected chi connectivity index (χ3v) is 3.11. The Kier molecular flexibility index (Phi) is 3.97. The topological polar surface area (TPSA) is 29.5 Å². The van der Waals surface area contributed by atoms with Crippen LogP contribution in [0.4, 0.5) is 4.39 Å². The monoisotopic (exact) mass is 257 g/mol. The maximum atomic E-state index is 12.8. The molecule has 0 aromatic heterocycles. The van der Waals surface area contributed by atoms with Crippen molar-refractivity contribution in [1.82, 2.24) is 4.90 Å². The fourth-order valence-electron chi connectivity index (χ4n) is 1.81. The number of morpholine rings is 1. The van der Waals surface area contributed by atoms with Gasteiger partial charge in [0.15, 0.2) is 0 Å². The molecule has 1 atom stereocenters. The lowest BCUT2D eigenvalue weighted by Gasteiger charge is -2.34. The third-order valence-electron chi connectivity index (χ3n) is 2.76. The first-order valence-corrected chi connectivity index (χ1v) is 5.96. The number of nitrogens with zero attached hydrogens (tertiary/aromatic N) is 1. The van der Waals surface area contributed by atoms with E-state index in [9.17, 15) is 9.18 Å². The number of rotatable bonds is 2. The summed E-state index contributed by atoms with van der Waals surface area (Å²) in [5.74, 6) is -0.135. The highest BCUT2D eigenvalue weighted by Gasteiger charge is 2.27. The van der Waals surface area contributed by atoms with Gasteiger partial charge in [-0.2, -0.15) is 0 Å². The molecule has 1 unspecified atom stereocenters. The fraction of sp³-hybridized carbons (Fsp3) is 0.417. The van der Waals surface area contributed by atoms with Crippen LogP contribution in [0.3, 0.4) is 0 Å². The van der Waals surface area contributed by atoms with Crippen LogP contribution in [0, 0.1) is 5.82 Å². The maximum absolute atomic E-state index is 12.8. The highest BCUT2D eigenvalue weighted by atomic mass is 35.5. The standard InChI is InChI=1S/C12H13ClFNO2/c13-7-11-8-17-6-5-15(11)12(16)9-1-3-10(14)4-2-9/h1-4,11H,5-8H2. The number of halogens is 2. The van der Waals surface area contributed by atoms with E-state index in [1.54, 1.807) is 4.90 Å². The van der Waals surface area contributed by atoms with Crippen molar-refractivity contribution in [2.24, 2.45) is 0 Å². The summed E-state index contributed by atoms with van der Waals surface area (Å²) in [6.45, 7) is 1.49. The van der Waals surface area contributed by atoms with Gasteiger partial charge in [0.05, 0.1) is 19.3 Å². The van der Waals surface area contributed by atoms with Crippen LogP contribution in [0.15, 0.2) is 24.3 Å². The second-order valence-electron chi connectivity index (χ2n) is 3.89. The van der Waals surface area contributed by atoms with E-state index in [4.69, 9.17) is 16.3 Å². The smallest absolute Gasteiger partial charge is 0.254 e. The zero-order chi connectivity index (χ0) is 12.3. The predicted molar refractivity (Wildman–Crippen MR) is 62.8 cm³/mol. The van der Waals surface area contributed by atoms with Crippen LogP contribution in [-0.4, -0.2) is 42.5 Å². The van der Waals surface area contributed by atoms with Crippen molar-refractivity contribution in [1.29, 1.82) is 0 Å². The van der Waals surface area contributed by atoms with Crippen LogP contribution in [0.2, 0.25) is 0 Å². The molecule has 0 spiro atoms. The SMILES string of the molecule is O=C(c1ccc(F)cc1)N1CCOCC1CCl. The summed E-state index contributed by atoms with van der Waals surface area (Å²) in [5.41, 5.74) is 0.475. The molecule has 1 fully saturated rings. The predicted octanol–water partition coefficient (Wildman–Crippen LogP) is 1.91. The minimum atomic E-state index is -0.350. The minimum absolute atomic E-state index is 0.108. The highest BCUT2D eigenvalue weighted by molar-refractivity contribution is 6.18. The first-order chi connectivity index (χ1) is 8.22. The molecular formula is C12H13ClFNO2. The summed E-state index contributed by atoms with van der Waals surface area (Å²) in [7, 11) is 0. The van der Waals surface area contributed by atoms with Crippen LogP contribution in [0.1, 0.15) is 10.4 Å². The third kappa shape index (κ3) is 2.76. The molecule has 0 saturated carbocycles. The Bertz CT molecular complexity index is 396. The summed E-state index contributed by atoms with van der Waals surface area (Å²) in [5, 5.41) is 0. The first-order valence-electron chi connectivity index (χ1n) is 5.42. The molecule has 0 bridgehead atoms. The molecule has 2 rings (SSSR count). The van der Waals surface area contributed by atoms with Gasteiger partial charge in [0, 0.05) is 18.0 Å². The minimum Gasteiger partial charge on any atom is -0.377 e. The van der Waals surface area contributed by atoms with E-state index >= 15 is 0 Å². The van der Waals surface area contributed by atoms with Crippen molar-refractivity contribution in [3.63, 3.8) is 0 Å². The first kappa shape index (κ1) is 12.3. The van der Waals surface area contributed by atoms with Crippen molar-refractivity contribution in [3.05, 3.63) is 35.6 Å². The summed E-state index contributed by atoms with van der Waals surface area (Å²) >= 11 is 5.80. The molecule has 1 aromatic carbocycles. The Morgan fingerprint density at radius 2 is 2.18 bits per heavy atom. The lowest BCUT2D eigenvalue weighted by molar-refractivity contribution is 0.00456. The molecule has 1 heterocycles. The molecule has 0 radical (unpaired) electrons. The number of carbonyl (C=O) groups is 1. The molecule has 1 aliphatic heterocycles. The number of benzene rings is 1. The van der Waals surface area contributed by atoms with Gasteiger partial charge in [-0.25, -0.2) is 4.39 Å². The van der Waals surface area contributed by atoms with Gasteiger partial charge in [0.25, 0.3) is 5.91 Å². The van der Waals surface area contributed by atoms with Gasteiger partial charge in [0.1, 0.15) is 5.82 Å². The van der Waals surface area contributed by atoms with E-state index in [0.29, 0.717) is 31.2 Å². The maximum Gasteiger partial charge on any atom is 0.254 e. The second-order valence-corrected chi connectivity index (χ2v) is 4.20. The average Bonchev–Trinajstić information content (AvgIpc) is 2.39. The van der Waals surface area contributed by atoms with E-state index in [2.05, 4.69) is 0 Å². The number of carbonyl (C=O) groups excluding carboxylic acids is 1. The summed E-state index contributed by atoms with van der Waals surface area (Å²) in [6.07, 6.45) is 0. The zero-order valence-electron chi connectivity index (χ0n) is 9.23. The number of hydrogen-bond donors (Lipinski definition) is 0. The number of ether oxygens (including phenoxy) is 1. The van der Waals surface area contributed by atoms with Crippen LogP contribution in [0.25, 0.3) is 0 Å². The van der Waals surface area contributed by atoms with Crippen LogP contribution in [-0.2, 0) is 4.74 Å². The van der Waals surface area contributed by atoms with Crippen molar-refractivity contribution < 1.29 is 13.9 Å². The Hall–Kier alpha value is -1.13. The molecule has 0 N–H and O–H groups in total. The van der Waals surface area contributed by atoms with Crippen molar-refractivity contribution in [2.75, 3.05) is 25.6 Å². The summed E-state index contributed by atoms with van der Waals surface area (Å²) in [6, 6.07) is 5.42. The molecule has 1 amide bonds. The second kappa shape index (κ2) is 5.47. The van der Waals surface area contributed by atoms with E-state index in [1.165, 1.54) is 24.3 Å². The van der Waals surface area contributed by atoms with Gasteiger partial charge in [-0.1, -0.05) is 0 Å². The largest absolute Gasteiger partial charge is 0.377 e. The highest BCUT2D eigenvalue weighted by Crippen LogP contribution is 2.14. The van der Waals surface area contributed by atoms with Crippen molar-refractivity contribution in [3.8, 4) is 0 Å². The Balaban J connectivity index is 2.15. The van der Waals surface area contributed by atoms with Gasteiger partial charge < -0.3 is 9.64 Å². The van der Waals surface area contributed by atoms with E-state index in [-0.39, 0.29) is 17.8 Å². The molecule has 92 valence electrons. The summed E-state index contributed by atoms with van der Waals surface area (Å²) < 4.78 is 18.0. The number of hydrogen-bond acceptors (Lipinski definition) is 2. The lowest BCUT2D eigenvalue weighted by atomic mass is 10.1. The van der Waals surface area contributed by atoms with Gasteiger partial charge in [-0.15, -0.1) is 11.6 Å². The summed E-state index contributed by atoms with van der Waals surface area (Å²) in [4.78, 5) is 13.9. The normalized spacial score (nSPS) is 20.4. The molecular weight excluding hydrogens is 245 g/mol. The van der Waals surface area contributed by atoms with E-state index in [0.717, 1.165) is 0 Å². The molecule has 1 aliphatic rings. The molecule has 1 saturated heterocycles. The molecule has 17 heavy (non-hydrogen) atoms. The number of alkyl halides is 1. The fourth-order valence-corrected chi connectivity index (χ4v) is 2.06. The zero-order valence-corrected chi connectivity index (χ0v) is 9.99. The van der Waals surface area contributed by atoms with E-state index in [1.807, 2.05) is 0 Å². The molecule has 5 heteroatoms. The van der Waals surface area contributed by atoms with Crippen LogP contribution in [0.5, 0.6) is 0 Å². The Morgan fingerprint density at radius 3 is 2.82 bits per heavy atom. The van der Waals surface area contributed by atoms with Crippen LogP contribution >= 0.6 is 11.6 Å². The lowest BCUT2D eigenvalue weighted by Crippen LogP contribution is -2.49. The average molecular weight is 258 g/mol.